The Hall–Kier alpha value is -1.77. The summed E-state index contributed by atoms with van der Waals surface area (Å²) in [5.74, 6) is -0.835. The maximum atomic E-state index is 14.1. The number of nitrogens with one attached hydrogen (secondary N) is 1. The van der Waals surface area contributed by atoms with Gasteiger partial charge in [0.2, 0.25) is 15.9 Å². The summed E-state index contributed by atoms with van der Waals surface area (Å²) in [5.41, 5.74) is 0.278. The van der Waals surface area contributed by atoms with Gasteiger partial charge in [-0.05, 0) is 37.0 Å². The molecule has 1 atom stereocenters. The van der Waals surface area contributed by atoms with Gasteiger partial charge in [0.1, 0.15) is 10.7 Å². The fraction of sp³-hybridized carbons (Fsp3) is 0.471. The maximum Gasteiger partial charge on any atom is 0.246 e. The van der Waals surface area contributed by atoms with E-state index in [2.05, 4.69) is 5.32 Å². The number of hydrogen-bond donors (Lipinski definition) is 1. The molecule has 2 aliphatic rings. The lowest BCUT2D eigenvalue weighted by molar-refractivity contribution is -0.116. The molecule has 6 nitrogen and oxygen atoms in total. The number of halogens is 1. The number of carbonyl (C=O) groups excluding carboxylic acids is 1. The molecule has 3 rings (SSSR count). The standard InChI is InChI=1S/C17H21FN2O4S/c18-15-6-5-14(19-17(21)11-13-3-1-2-4-13)12-16(15)25(22,23)20-7-9-24-10-8-20/h1,3,5-6,12-13H,2,4,7-11H2,(H,19,21). The number of benzene rings is 1. The van der Waals surface area contributed by atoms with Crippen molar-refractivity contribution in [3.8, 4) is 0 Å². The number of allylic oxidation sites excluding steroid dienone is 2. The first kappa shape index (κ1) is 18.0. The molecule has 1 aromatic rings. The number of nitrogens with zero attached hydrogens (tertiary/aromatic N) is 1. The van der Waals surface area contributed by atoms with Crippen molar-refractivity contribution in [3.63, 3.8) is 0 Å². The fourth-order valence-electron chi connectivity index (χ4n) is 3.02. The molecule has 1 fully saturated rings. The number of ether oxygens (including phenoxy) is 1. The van der Waals surface area contributed by atoms with Crippen LogP contribution in [0.2, 0.25) is 0 Å². The zero-order valence-electron chi connectivity index (χ0n) is 13.8. The van der Waals surface area contributed by atoms with Gasteiger partial charge in [-0.1, -0.05) is 12.2 Å². The molecule has 1 aromatic carbocycles. The molecule has 1 N–H and O–H groups in total. The summed E-state index contributed by atoms with van der Waals surface area (Å²) >= 11 is 0. The predicted octanol–water partition coefficient (Wildman–Crippen LogP) is 2.14. The summed E-state index contributed by atoms with van der Waals surface area (Å²) in [6, 6.07) is 3.62. The van der Waals surface area contributed by atoms with Crippen molar-refractivity contribution in [1.82, 2.24) is 4.31 Å². The topological polar surface area (TPSA) is 75.7 Å². The first-order valence-corrected chi connectivity index (χ1v) is 9.75. The average molecular weight is 368 g/mol. The van der Waals surface area contributed by atoms with Gasteiger partial charge in [0.15, 0.2) is 0 Å². The van der Waals surface area contributed by atoms with Gasteiger partial charge in [0, 0.05) is 25.2 Å². The van der Waals surface area contributed by atoms with Gasteiger partial charge in [-0.2, -0.15) is 4.31 Å². The summed E-state index contributed by atoms with van der Waals surface area (Å²) in [6.07, 6.45) is 6.30. The zero-order valence-corrected chi connectivity index (χ0v) is 14.6. The van der Waals surface area contributed by atoms with Crippen LogP contribution in [0.15, 0.2) is 35.2 Å². The van der Waals surface area contributed by atoms with Crippen molar-refractivity contribution >= 4 is 21.6 Å². The normalized spacial score (nSPS) is 21.4. The lowest BCUT2D eigenvalue weighted by Gasteiger charge is -2.26. The largest absolute Gasteiger partial charge is 0.379 e. The van der Waals surface area contributed by atoms with Gasteiger partial charge in [0.25, 0.3) is 0 Å². The van der Waals surface area contributed by atoms with Crippen LogP contribution in [0.25, 0.3) is 0 Å². The Morgan fingerprint density at radius 3 is 2.76 bits per heavy atom. The second-order valence-corrected chi connectivity index (χ2v) is 8.09. The van der Waals surface area contributed by atoms with E-state index in [0.717, 1.165) is 18.9 Å². The quantitative estimate of drug-likeness (QED) is 0.808. The van der Waals surface area contributed by atoms with Crippen molar-refractivity contribution < 1.29 is 22.3 Å². The first-order chi connectivity index (χ1) is 12.0. The molecule has 8 heteroatoms. The predicted molar refractivity (Wildman–Crippen MR) is 91.1 cm³/mol. The van der Waals surface area contributed by atoms with Gasteiger partial charge in [0.05, 0.1) is 13.2 Å². The summed E-state index contributed by atoms with van der Waals surface area (Å²) in [6.45, 7) is 0.942. The number of carbonyl (C=O) groups is 1. The van der Waals surface area contributed by atoms with Crippen molar-refractivity contribution in [3.05, 3.63) is 36.2 Å². The van der Waals surface area contributed by atoms with Crippen LogP contribution in [0.4, 0.5) is 10.1 Å². The summed E-state index contributed by atoms with van der Waals surface area (Å²) in [7, 11) is -3.96. The fourth-order valence-corrected chi connectivity index (χ4v) is 4.52. The number of anilines is 1. The van der Waals surface area contributed by atoms with Crippen LogP contribution in [0.3, 0.4) is 0 Å². The van der Waals surface area contributed by atoms with Gasteiger partial charge in [-0.15, -0.1) is 0 Å². The lowest BCUT2D eigenvalue weighted by atomic mass is 10.1. The highest BCUT2D eigenvalue weighted by atomic mass is 32.2. The van der Waals surface area contributed by atoms with E-state index >= 15 is 0 Å². The van der Waals surface area contributed by atoms with E-state index in [1.54, 1.807) is 0 Å². The van der Waals surface area contributed by atoms with Crippen LogP contribution in [0.5, 0.6) is 0 Å². The third-order valence-electron chi connectivity index (χ3n) is 4.36. The highest BCUT2D eigenvalue weighted by molar-refractivity contribution is 7.89. The van der Waals surface area contributed by atoms with Gasteiger partial charge >= 0.3 is 0 Å². The molecule has 1 aliphatic heterocycles. The molecule has 1 aliphatic carbocycles. The number of rotatable bonds is 5. The molecule has 1 unspecified atom stereocenters. The number of hydrogen-bond acceptors (Lipinski definition) is 4. The molecule has 1 saturated heterocycles. The van der Waals surface area contributed by atoms with Crippen molar-refractivity contribution in [1.29, 1.82) is 0 Å². The van der Waals surface area contributed by atoms with E-state index in [1.165, 1.54) is 16.4 Å². The summed E-state index contributed by atoms with van der Waals surface area (Å²) < 4.78 is 45.7. The van der Waals surface area contributed by atoms with Crippen molar-refractivity contribution in [2.45, 2.75) is 24.2 Å². The molecule has 0 radical (unpaired) electrons. The molecule has 0 bridgehead atoms. The van der Waals surface area contributed by atoms with E-state index in [4.69, 9.17) is 4.74 Å². The van der Waals surface area contributed by atoms with Crippen LogP contribution in [0, 0.1) is 11.7 Å². The van der Waals surface area contributed by atoms with Gasteiger partial charge in [-0.25, -0.2) is 12.8 Å². The average Bonchev–Trinajstić information content (AvgIpc) is 3.10. The third kappa shape index (κ3) is 4.26. The molecule has 0 saturated carbocycles. The molecule has 0 aromatic heterocycles. The number of morpholine rings is 1. The van der Waals surface area contributed by atoms with E-state index in [9.17, 15) is 17.6 Å². The second kappa shape index (κ2) is 7.63. The molecule has 1 amide bonds. The second-order valence-electron chi connectivity index (χ2n) is 6.18. The van der Waals surface area contributed by atoms with Gasteiger partial charge in [-0.3, -0.25) is 4.79 Å². The molecule has 0 spiro atoms. The Labute approximate surface area is 146 Å². The minimum atomic E-state index is -3.96. The van der Waals surface area contributed by atoms with Crippen LogP contribution < -0.4 is 5.32 Å². The van der Waals surface area contributed by atoms with Gasteiger partial charge < -0.3 is 10.1 Å². The molecule has 136 valence electrons. The monoisotopic (exact) mass is 368 g/mol. The minimum Gasteiger partial charge on any atom is -0.379 e. The van der Waals surface area contributed by atoms with E-state index < -0.39 is 20.7 Å². The Morgan fingerprint density at radius 1 is 1.32 bits per heavy atom. The van der Waals surface area contributed by atoms with E-state index in [1.807, 2.05) is 12.2 Å². The highest BCUT2D eigenvalue weighted by Gasteiger charge is 2.29. The van der Waals surface area contributed by atoms with Crippen molar-refractivity contribution in [2.24, 2.45) is 5.92 Å². The molecule has 25 heavy (non-hydrogen) atoms. The number of sulfonamides is 1. The third-order valence-corrected chi connectivity index (χ3v) is 6.28. The van der Waals surface area contributed by atoms with Crippen LogP contribution in [-0.2, 0) is 19.6 Å². The maximum absolute atomic E-state index is 14.1. The van der Waals surface area contributed by atoms with E-state index in [-0.39, 0.29) is 43.8 Å². The van der Waals surface area contributed by atoms with Crippen LogP contribution in [-0.4, -0.2) is 44.9 Å². The summed E-state index contributed by atoms with van der Waals surface area (Å²) in [5, 5.41) is 2.66. The Kier molecular flexibility index (Phi) is 5.51. The summed E-state index contributed by atoms with van der Waals surface area (Å²) in [4.78, 5) is 11.7. The first-order valence-electron chi connectivity index (χ1n) is 8.31. The van der Waals surface area contributed by atoms with Crippen molar-refractivity contribution in [2.75, 3.05) is 31.6 Å². The van der Waals surface area contributed by atoms with Crippen LogP contribution in [0.1, 0.15) is 19.3 Å². The number of amides is 1. The Balaban J connectivity index is 1.75. The van der Waals surface area contributed by atoms with Crippen LogP contribution >= 0.6 is 0 Å². The zero-order chi connectivity index (χ0) is 17.9. The molecular weight excluding hydrogens is 347 g/mol. The lowest BCUT2D eigenvalue weighted by Crippen LogP contribution is -2.40. The molecular formula is C17H21FN2O4S. The highest BCUT2D eigenvalue weighted by Crippen LogP contribution is 2.25. The smallest absolute Gasteiger partial charge is 0.246 e. The minimum absolute atomic E-state index is 0.187. The molecule has 1 heterocycles. The Morgan fingerprint density at radius 2 is 2.08 bits per heavy atom. The Bertz CT molecular complexity index is 773. The van der Waals surface area contributed by atoms with E-state index in [0.29, 0.717) is 6.42 Å². The SMILES string of the molecule is O=C(CC1C=CCC1)Nc1ccc(F)c(S(=O)(=O)N2CCOCC2)c1.